The Bertz CT molecular complexity index is 687. The molecule has 0 aliphatic heterocycles. The molecule has 0 saturated carbocycles. The minimum Gasteiger partial charge on any atom is -0.490 e. The smallest absolute Gasteiger partial charge is 0.166 e. The minimum atomic E-state index is 0.615. The van der Waals surface area contributed by atoms with E-state index in [-0.39, 0.29) is 0 Å². The predicted octanol–water partition coefficient (Wildman–Crippen LogP) is 2.42. The van der Waals surface area contributed by atoms with E-state index in [2.05, 4.69) is 21.8 Å². The van der Waals surface area contributed by atoms with Crippen molar-refractivity contribution in [2.75, 3.05) is 19.8 Å². The highest BCUT2D eigenvalue weighted by atomic mass is 32.1. The lowest BCUT2D eigenvalue weighted by atomic mass is 10.1. The van der Waals surface area contributed by atoms with Crippen molar-refractivity contribution < 1.29 is 9.47 Å². The Labute approximate surface area is 154 Å². The highest BCUT2D eigenvalue weighted by molar-refractivity contribution is 7.80. The summed E-state index contributed by atoms with van der Waals surface area (Å²) < 4.78 is 13.1. The highest BCUT2D eigenvalue weighted by Gasteiger charge is 2.06. The molecule has 6 nitrogen and oxygen atoms in total. The molecule has 1 aromatic carbocycles. The van der Waals surface area contributed by atoms with Crippen LogP contribution in [0.4, 0.5) is 0 Å². The Balaban J connectivity index is 1.79. The first-order valence-corrected chi connectivity index (χ1v) is 8.92. The van der Waals surface area contributed by atoms with Crippen LogP contribution in [0.2, 0.25) is 0 Å². The number of hydrogen-bond donors (Lipinski definition) is 2. The van der Waals surface area contributed by atoms with Crippen LogP contribution in [0.15, 0.2) is 30.5 Å². The van der Waals surface area contributed by atoms with E-state index in [1.807, 2.05) is 43.8 Å². The first-order valence-electron chi connectivity index (χ1n) is 8.51. The Morgan fingerprint density at radius 2 is 1.88 bits per heavy atom. The van der Waals surface area contributed by atoms with Crippen molar-refractivity contribution in [3.8, 4) is 11.5 Å². The molecule has 7 heteroatoms. The van der Waals surface area contributed by atoms with Gasteiger partial charge in [-0.15, -0.1) is 0 Å². The molecule has 0 unspecified atom stereocenters. The number of aromatic nitrogens is 2. The third-order valence-corrected chi connectivity index (χ3v) is 3.95. The molecule has 25 heavy (non-hydrogen) atoms. The molecule has 2 rings (SSSR count). The third-order valence-electron chi connectivity index (χ3n) is 3.66. The second-order valence-corrected chi connectivity index (χ2v) is 5.86. The van der Waals surface area contributed by atoms with E-state index >= 15 is 0 Å². The lowest BCUT2D eigenvalue weighted by Crippen LogP contribution is -2.36. The number of hydrogen-bond acceptors (Lipinski definition) is 4. The molecule has 0 saturated heterocycles. The van der Waals surface area contributed by atoms with Gasteiger partial charge in [0.2, 0.25) is 0 Å². The number of rotatable bonds is 9. The number of aryl methyl sites for hydroxylation is 1. The first-order chi connectivity index (χ1) is 12.1. The van der Waals surface area contributed by atoms with Gasteiger partial charge in [-0.25, -0.2) is 0 Å². The zero-order chi connectivity index (χ0) is 18.1. The van der Waals surface area contributed by atoms with Crippen LogP contribution in [-0.4, -0.2) is 34.7 Å². The predicted molar refractivity (Wildman–Crippen MR) is 103 cm³/mol. The summed E-state index contributed by atoms with van der Waals surface area (Å²) in [5, 5.41) is 11.2. The fourth-order valence-corrected chi connectivity index (χ4v) is 2.55. The normalized spacial score (nSPS) is 10.4. The first kappa shape index (κ1) is 19.1. The Hall–Kier alpha value is -2.28. The monoisotopic (exact) mass is 362 g/mol. The van der Waals surface area contributed by atoms with Crippen molar-refractivity contribution in [2.24, 2.45) is 7.05 Å². The second-order valence-electron chi connectivity index (χ2n) is 5.45. The summed E-state index contributed by atoms with van der Waals surface area (Å²) >= 11 is 5.31. The molecule has 0 fully saturated rings. The van der Waals surface area contributed by atoms with Crippen LogP contribution in [0.25, 0.3) is 0 Å². The van der Waals surface area contributed by atoms with Crippen molar-refractivity contribution >= 4 is 17.3 Å². The molecule has 0 bridgehead atoms. The fraction of sp³-hybridized carbons (Fsp3) is 0.444. The van der Waals surface area contributed by atoms with E-state index in [1.54, 1.807) is 6.20 Å². The van der Waals surface area contributed by atoms with Crippen molar-refractivity contribution in [3.05, 3.63) is 41.7 Å². The Morgan fingerprint density at radius 1 is 1.12 bits per heavy atom. The van der Waals surface area contributed by atoms with Gasteiger partial charge in [-0.2, -0.15) is 5.10 Å². The van der Waals surface area contributed by atoms with Crippen molar-refractivity contribution in [3.63, 3.8) is 0 Å². The highest BCUT2D eigenvalue weighted by Crippen LogP contribution is 2.28. The van der Waals surface area contributed by atoms with Crippen molar-refractivity contribution in [2.45, 2.75) is 26.8 Å². The summed E-state index contributed by atoms with van der Waals surface area (Å²) in [7, 11) is 1.91. The molecule has 2 aromatic rings. The van der Waals surface area contributed by atoms with E-state index in [0.717, 1.165) is 30.2 Å². The second kappa shape index (κ2) is 9.88. The van der Waals surface area contributed by atoms with Crippen molar-refractivity contribution in [1.29, 1.82) is 0 Å². The maximum Gasteiger partial charge on any atom is 0.166 e. The van der Waals surface area contributed by atoms with E-state index in [4.69, 9.17) is 21.7 Å². The van der Waals surface area contributed by atoms with Gasteiger partial charge in [0.15, 0.2) is 16.6 Å². The maximum absolute atomic E-state index is 5.66. The third kappa shape index (κ3) is 5.94. The van der Waals surface area contributed by atoms with Gasteiger partial charge >= 0.3 is 0 Å². The Kier molecular flexibility index (Phi) is 7.53. The van der Waals surface area contributed by atoms with Gasteiger partial charge in [0.1, 0.15) is 0 Å². The van der Waals surface area contributed by atoms with Crippen LogP contribution >= 0.6 is 12.2 Å². The molecule has 0 spiro atoms. The lowest BCUT2D eigenvalue weighted by Gasteiger charge is -2.13. The SMILES string of the molecule is CCOc1ccc(CCNC(=S)NCc2ccnn2C)cc1OCC. The molecule has 136 valence electrons. The zero-order valence-electron chi connectivity index (χ0n) is 15.0. The Morgan fingerprint density at radius 3 is 2.56 bits per heavy atom. The molecule has 0 atom stereocenters. The van der Waals surface area contributed by atoms with E-state index in [1.165, 1.54) is 5.56 Å². The zero-order valence-corrected chi connectivity index (χ0v) is 15.9. The van der Waals surface area contributed by atoms with Gasteiger partial charge in [0.05, 0.1) is 25.5 Å². The summed E-state index contributed by atoms with van der Waals surface area (Å²) in [4.78, 5) is 0. The molecular weight excluding hydrogens is 336 g/mol. The van der Waals surface area contributed by atoms with Gasteiger partial charge < -0.3 is 20.1 Å². The molecule has 1 heterocycles. The van der Waals surface area contributed by atoms with Crippen LogP contribution in [-0.2, 0) is 20.0 Å². The standard InChI is InChI=1S/C18H26N4O2S/c1-4-23-16-7-6-14(12-17(16)24-5-2)8-10-19-18(25)20-13-15-9-11-21-22(15)3/h6-7,9,11-12H,4-5,8,10,13H2,1-3H3,(H2,19,20,25). The average Bonchev–Trinajstić information content (AvgIpc) is 3.01. The summed E-state index contributed by atoms with van der Waals surface area (Å²) in [5.41, 5.74) is 2.26. The number of nitrogens with one attached hydrogen (secondary N) is 2. The number of benzene rings is 1. The molecule has 0 radical (unpaired) electrons. The number of thiocarbonyl (C=S) groups is 1. The fourth-order valence-electron chi connectivity index (χ4n) is 2.38. The topological polar surface area (TPSA) is 60.3 Å². The van der Waals surface area contributed by atoms with Crippen LogP contribution in [0.5, 0.6) is 11.5 Å². The summed E-state index contributed by atoms with van der Waals surface area (Å²) in [6.07, 6.45) is 2.62. The van der Waals surface area contributed by atoms with Gasteiger partial charge in [0.25, 0.3) is 0 Å². The number of nitrogens with zero attached hydrogens (tertiary/aromatic N) is 2. The number of ether oxygens (including phenoxy) is 2. The molecule has 1 aromatic heterocycles. The molecular formula is C18H26N4O2S. The van der Waals surface area contributed by atoms with Crippen LogP contribution in [0.1, 0.15) is 25.1 Å². The summed E-state index contributed by atoms with van der Waals surface area (Å²) in [5.74, 6) is 1.58. The van der Waals surface area contributed by atoms with E-state index in [0.29, 0.717) is 24.9 Å². The van der Waals surface area contributed by atoms with Gasteiger partial charge in [-0.05, 0) is 56.2 Å². The average molecular weight is 362 g/mol. The van der Waals surface area contributed by atoms with Crippen LogP contribution in [0, 0.1) is 0 Å². The lowest BCUT2D eigenvalue weighted by molar-refractivity contribution is 0.287. The summed E-state index contributed by atoms with van der Waals surface area (Å²) in [6.45, 7) is 6.57. The van der Waals surface area contributed by atoms with Gasteiger partial charge in [-0.1, -0.05) is 6.07 Å². The van der Waals surface area contributed by atoms with Crippen molar-refractivity contribution in [1.82, 2.24) is 20.4 Å². The minimum absolute atomic E-state index is 0.615. The largest absolute Gasteiger partial charge is 0.490 e. The molecule has 0 aliphatic carbocycles. The molecule has 0 aliphatic rings. The van der Waals surface area contributed by atoms with Gasteiger partial charge in [0, 0.05) is 19.8 Å². The molecule has 2 N–H and O–H groups in total. The quantitative estimate of drug-likeness (QED) is 0.668. The summed E-state index contributed by atoms with van der Waals surface area (Å²) in [6, 6.07) is 8.01. The molecule has 0 amide bonds. The van der Waals surface area contributed by atoms with E-state index < -0.39 is 0 Å². The maximum atomic E-state index is 5.66. The van der Waals surface area contributed by atoms with Gasteiger partial charge in [-0.3, -0.25) is 4.68 Å². The van der Waals surface area contributed by atoms with Crippen LogP contribution < -0.4 is 20.1 Å². The van der Waals surface area contributed by atoms with E-state index in [9.17, 15) is 0 Å². The van der Waals surface area contributed by atoms with Crippen LogP contribution in [0.3, 0.4) is 0 Å².